The maximum atomic E-state index is 13.2. The van der Waals surface area contributed by atoms with Gasteiger partial charge in [-0.05, 0) is 61.5 Å². The zero-order valence-corrected chi connectivity index (χ0v) is 19.3. The van der Waals surface area contributed by atoms with Crippen LogP contribution in [0.2, 0.25) is 0 Å². The Hall–Kier alpha value is -4.11. The van der Waals surface area contributed by atoms with Crippen LogP contribution in [0.15, 0.2) is 67.1 Å². The minimum Gasteiger partial charge on any atom is -0.497 e. The molecule has 0 radical (unpaired) electrons. The van der Waals surface area contributed by atoms with Crippen LogP contribution in [0.3, 0.4) is 0 Å². The first kappa shape index (κ1) is 21.7. The third-order valence-corrected chi connectivity index (χ3v) is 6.60. The second-order valence-corrected chi connectivity index (χ2v) is 8.59. The molecular formula is C25H20FN5O2S. The van der Waals surface area contributed by atoms with Crippen LogP contribution >= 0.6 is 11.3 Å². The molecule has 0 aliphatic carbocycles. The van der Waals surface area contributed by atoms with Gasteiger partial charge in [-0.1, -0.05) is 11.3 Å². The van der Waals surface area contributed by atoms with Crippen molar-refractivity contribution < 1.29 is 13.9 Å². The Morgan fingerprint density at radius 3 is 2.47 bits per heavy atom. The van der Waals surface area contributed by atoms with Crippen molar-refractivity contribution in [1.82, 2.24) is 24.7 Å². The second kappa shape index (κ2) is 9.03. The van der Waals surface area contributed by atoms with E-state index in [9.17, 15) is 9.18 Å². The van der Waals surface area contributed by atoms with Crippen molar-refractivity contribution in [2.75, 3.05) is 7.11 Å². The summed E-state index contributed by atoms with van der Waals surface area (Å²) in [4.78, 5) is 27.4. The third-order valence-electron chi connectivity index (χ3n) is 5.44. The smallest absolute Gasteiger partial charge is 0.263 e. The van der Waals surface area contributed by atoms with Gasteiger partial charge in [0, 0.05) is 23.0 Å². The average Bonchev–Trinajstić information content (AvgIpc) is 3.42. The maximum absolute atomic E-state index is 13.2. The van der Waals surface area contributed by atoms with Crippen LogP contribution in [-0.4, -0.2) is 32.4 Å². The number of hydrogen-bond acceptors (Lipinski definition) is 6. The summed E-state index contributed by atoms with van der Waals surface area (Å²) in [5.74, 6) is 0.286. The molecule has 0 unspecified atom stereocenters. The van der Waals surface area contributed by atoms with Gasteiger partial charge in [-0.2, -0.15) is 0 Å². The van der Waals surface area contributed by atoms with Crippen LogP contribution in [-0.2, 0) is 6.54 Å². The number of rotatable bonds is 6. The van der Waals surface area contributed by atoms with E-state index in [-0.39, 0.29) is 18.3 Å². The first-order valence-electron chi connectivity index (χ1n) is 10.5. The number of carbonyl (C=O) groups is 1. The molecule has 3 heterocycles. The summed E-state index contributed by atoms with van der Waals surface area (Å²) in [5, 5.41) is 2.92. The second-order valence-electron chi connectivity index (χ2n) is 7.61. The summed E-state index contributed by atoms with van der Waals surface area (Å²) in [5.41, 5.74) is 4.72. The highest BCUT2D eigenvalue weighted by Crippen LogP contribution is 2.28. The van der Waals surface area contributed by atoms with E-state index >= 15 is 0 Å². The van der Waals surface area contributed by atoms with Gasteiger partial charge in [-0.25, -0.2) is 19.3 Å². The van der Waals surface area contributed by atoms with Gasteiger partial charge in [0.05, 0.1) is 30.7 Å². The summed E-state index contributed by atoms with van der Waals surface area (Å²) in [7, 11) is 1.63. The number of carbonyl (C=O) groups excluding carboxylic acids is 1. The largest absolute Gasteiger partial charge is 0.497 e. The lowest BCUT2D eigenvalue weighted by atomic mass is 10.1. The molecule has 0 aliphatic rings. The van der Waals surface area contributed by atoms with E-state index in [1.54, 1.807) is 25.3 Å². The predicted octanol–water partition coefficient (Wildman–Crippen LogP) is 4.91. The number of nitrogens with zero attached hydrogens (tertiary/aromatic N) is 4. The van der Waals surface area contributed by atoms with Crippen molar-refractivity contribution in [2.24, 2.45) is 0 Å². The van der Waals surface area contributed by atoms with Gasteiger partial charge in [0.2, 0.25) is 0 Å². The molecule has 170 valence electrons. The Morgan fingerprint density at radius 2 is 1.76 bits per heavy atom. The molecule has 0 saturated heterocycles. The monoisotopic (exact) mass is 473 g/mol. The molecule has 5 rings (SSSR count). The van der Waals surface area contributed by atoms with Crippen LogP contribution in [0.4, 0.5) is 4.39 Å². The van der Waals surface area contributed by atoms with Crippen molar-refractivity contribution >= 4 is 22.2 Å². The Labute approximate surface area is 198 Å². The van der Waals surface area contributed by atoms with Crippen molar-refractivity contribution in [1.29, 1.82) is 0 Å². The van der Waals surface area contributed by atoms with Crippen molar-refractivity contribution in [3.63, 3.8) is 0 Å². The number of halogens is 1. The first-order chi connectivity index (χ1) is 16.5. The molecule has 0 fully saturated rings. The topological polar surface area (TPSA) is 81.4 Å². The number of amides is 1. The van der Waals surface area contributed by atoms with E-state index in [0.29, 0.717) is 16.3 Å². The first-order valence-corrected chi connectivity index (χ1v) is 11.3. The van der Waals surface area contributed by atoms with Crippen LogP contribution in [0.1, 0.15) is 21.1 Å². The highest BCUT2D eigenvalue weighted by molar-refractivity contribution is 7.19. The molecule has 5 aromatic rings. The quantitative estimate of drug-likeness (QED) is 0.379. The summed E-state index contributed by atoms with van der Waals surface area (Å²) in [6, 6.07) is 15.6. The fourth-order valence-corrected chi connectivity index (χ4v) is 4.61. The highest BCUT2D eigenvalue weighted by Gasteiger charge is 2.18. The molecule has 0 aliphatic heterocycles. The predicted molar refractivity (Wildman–Crippen MR) is 128 cm³/mol. The lowest BCUT2D eigenvalue weighted by Gasteiger charge is -2.06. The van der Waals surface area contributed by atoms with E-state index in [0.717, 1.165) is 33.2 Å². The van der Waals surface area contributed by atoms with Crippen molar-refractivity contribution in [3.8, 4) is 28.3 Å². The SMILES string of the molecule is COc1ccc(-c2cn3c(C)c(C(=O)NCc4cc(-c5ccc(F)cc5)ncn4)sc3n2)cc1. The van der Waals surface area contributed by atoms with Gasteiger partial charge in [0.25, 0.3) is 5.91 Å². The number of aromatic nitrogens is 4. The molecule has 0 saturated carbocycles. The summed E-state index contributed by atoms with van der Waals surface area (Å²) in [6.45, 7) is 2.14. The molecule has 3 aromatic heterocycles. The highest BCUT2D eigenvalue weighted by atomic mass is 32.1. The lowest BCUT2D eigenvalue weighted by molar-refractivity contribution is 0.0953. The van der Waals surface area contributed by atoms with Gasteiger partial charge in [-0.15, -0.1) is 0 Å². The molecule has 2 aromatic carbocycles. The number of aryl methyl sites for hydroxylation is 1. The zero-order valence-electron chi connectivity index (χ0n) is 18.4. The fourth-order valence-electron chi connectivity index (χ4n) is 3.59. The number of methoxy groups -OCH3 is 1. The third kappa shape index (κ3) is 4.25. The fraction of sp³-hybridized carbons (Fsp3) is 0.120. The van der Waals surface area contributed by atoms with Crippen molar-refractivity contribution in [3.05, 3.63) is 89.2 Å². The molecule has 0 spiro atoms. The van der Waals surface area contributed by atoms with E-state index < -0.39 is 0 Å². The molecule has 1 amide bonds. The number of nitrogens with one attached hydrogen (secondary N) is 1. The Bertz CT molecular complexity index is 1480. The van der Waals surface area contributed by atoms with Crippen LogP contribution < -0.4 is 10.1 Å². The number of ether oxygens (including phenoxy) is 1. The Morgan fingerprint density at radius 1 is 1.06 bits per heavy atom. The van der Waals surface area contributed by atoms with Gasteiger partial charge < -0.3 is 10.1 Å². The maximum Gasteiger partial charge on any atom is 0.263 e. The van der Waals surface area contributed by atoms with Gasteiger partial charge in [-0.3, -0.25) is 9.20 Å². The minimum absolute atomic E-state index is 0.194. The standard InChI is InChI=1S/C25H20FN5O2S/c1-15-23(34-25-30-22(13-31(15)25)17-5-9-20(33-2)10-6-17)24(32)27-12-19-11-21(29-14-28-19)16-3-7-18(26)8-4-16/h3-11,13-14H,12H2,1-2H3,(H,27,32). The zero-order chi connectivity index (χ0) is 23.7. The molecule has 7 nitrogen and oxygen atoms in total. The number of fused-ring (bicyclic) bond motifs is 1. The van der Waals surface area contributed by atoms with Crippen LogP contribution in [0.25, 0.3) is 27.5 Å². The lowest BCUT2D eigenvalue weighted by Crippen LogP contribution is -2.23. The van der Waals surface area contributed by atoms with E-state index in [1.165, 1.54) is 29.8 Å². The average molecular weight is 474 g/mol. The Kier molecular flexibility index (Phi) is 5.77. The molecule has 1 N–H and O–H groups in total. The molecule has 0 atom stereocenters. The van der Waals surface area contributed by atoms with Gasteiger partial charge in [0.1, 0.15) is 22.8 Å². The molecule has 9 heteroatoms. The van der Waals surface area contributed by atoms with Gasteiger partial charge in [0.15, 0.2) is 4.96 Å². The summed E-state index contributed by atoms with van der Waals surface area (Å²) in [6.07, 6.45) is 3.37. The van der Waals surface area contributed by atoms with E-state index in [4.69, 9.17) is 4.74 Å². The van der Waals surface area contributed by atoms with E-state index in [2.05, 4.69) is 20.3 Å². The Balaban J connectivity index is 1.31. The number of hydrogen-bond donors (Lipinski definition) is 1. The number of imidazole rings is 1. The van der Waals surface area contributed by atoms with Crippen LogP contribution in [0.5, 0.6) is 5.75 Å². The number of thiazole rings is 1. The number of benzene rings is 2. The van der Waals surface area contributed by atoms with Crippen molar-refractivity contribution in [2.45, 2.75) is 13.5 Å². The summed E-state index contributed by atoms with van der Waals surface area (Å²) < 4.78 is 20.3. The normalized spacial score (nSPS) is 11.0. The molecule has 0 bridgehead atoms. The minimum atomic E-state index is -0.306. The molecule has 34 heavy (non-hydrogen) atoms. The summed E-state index contributed by atoms with van der Waals surface area (Å²) >= 11 is 1.34. The molecular weight excluding hydrogens is 453 g/mol. The van der Waals surface area contributed by atoms with Crippen LogP contribution in [0, 0.1) is 12.7 Å². The van der Waals surface area contributed by atoms with Gasteiger partial charge >= 0.3 is 0 Å². The van der Waals surface area contributed by atoms with E-state index in [1.807, 2.05) is 41.8 Å².